The fourth-order valence-electron chi connectivity index (χ4n) is 2.74. The van der Waals surface area contributed by atoms with E-state index in [4.69, 9.17) is 0 Å². The second-order valence-corrected chi connectivity index (χ2v) is 6.24. The van der Waals surface area contributed by atoms with Crippen molar-refractivity contribution in [3.63, 3.8) is 0 Å². The molecule has 2 aromatic heterocycles. The van der Waals surface area contributed by atoms with Crippen molar-refractivity contribution in [2.75, 3.05) is 6.54 Å². The highest BCUT2D eigenvalue weighted by Gasteiger charge is 2.24. The normalized spacial score (nSPS) is 12.6. The number of aryl methyl sites for hydroxylation is 1. The third-order valence-electron chi connectivity index (χ3n) is 4.05. The molecule has 0 aliphatic carbocycles. The highest BCUT2D eigenvalue weighted by Crippen LogP contribution is 2.19. The van der Waals surface area contributed by atoms with Crippen LogP contribution in [0.15, 0.2) is 24.8 Å². The van der Waals surface area contributed by atoms with Gasteiger partial charge in [-0.15, -0.1) is 0 Å². The molecule has 126 valence electrons. The van der Waals surface area contributed by atoms with Crippen LogP contribution in [0.1, 0.15) is 57.7 Å². The van der Waals surface area contributed by atoms with Crippen molar-refractivity contribution in [1.82, 2.24) is 24.0 Å². The van der Waals surface area contributed by atoms with Crippen LogP contribution in [0.25, 0.3) is 0 Å². The zero-order valence-corrected chi connectivity index (χ0v) is 14.7. The summed E-state index contributed by atoms with van der Waals surface area (Å²) in [5.74, 6) is 2.23. The number of hydrogen-bond acceptors (Lipinski definition) is 3. The van der Waals surface area contributed by atoms with E-state index in [9.17, 15) is 4.79 Å². The van der Waals surface area contributed by atoms with E-state index in [2.05, 4.69) is 30.7 Å². The average Bonchev–Trinajstić information content (AvgIpc) is 3.15. The fraction of sp³-hybridized carbons (Fsp3) is 0.588. The van der Waals surface area contributed by atoms with Gasteiger partial charge in [-0.1, -0.05) is 20.8 Å². The summed E-state index contributed by atoms with van der Waals surface area (Å²) in [7, 11) is 1.95. The van der Waals surface area contributed by atoms with Crippen molar-refractivity contribution < 1.29 is 4.79 Å². The molecule has 2 aromatic rings. The molecule has 0 spiro atoms. The molecule has 1 atom stereocenters. The Labute approximate surface area is 138 Å². The van der Waals surface area contributed by atoms with Crippen molar-refractivity contribution in [3.05, 3.63) is 36.4 Å². The average molecular weight is 317 g/mol. The Morgan fingerprint density at radius 3 is 2.48 bits per heavy atom. The van der Waals surface area contributed by atoms with E-state index < -0.39 is 0 Å². The third-order valence-corrected chi connectivity index (χ3v) is 4.05. The van der Waals surface area contributed by atoms with Gasteiger partial charge in [-0.3, -0.25) is 4.79 Å². The van der Waals surface area contributed by atoms with Gasteiger partial charge in [-0.05, 0) is 13.3 Å². The maximum absolute atomic E-state index is 13.0. The lowest BCUT2D eigenvalue weighted by atomic mass is 10.2. The molecule has 2 heterocycles. The van der Waals surface area contributed by atoms with Crippen molar-refractivity contribution >= 4 is 5.91 Å². The summed E-state index contributed by atoms with van der Waals surface area (Å²) in [6.07, 6.45) is 8.24. The van der Waals surface area contributed by atoms with Crippen LogP contribution in [0.4, 0.5) is 0 Å². The van der Waals surface area contributed by atoms with Gasteiger partial charge in [0.1, 0.15) is 17.7 Å². The van der Waals surface area contributed by atoms with E-state index in [-0.39, 0.29) is 17.9 Å². The molecule has 0 aliphatic heterocycles. The molecular weight excluding hydrogens is 290 g/mol. The maximum atomic E-state index is 13.0. The Balaban J connectivity index is 2.19. The van der Waals surface area contributed by atoms with Crippen LogP contribution in [0.5, 0.6) is 0 Å². The predicted octanol–water partition coefficient (Wildman–Crippen LogP) is 2.74. The molecule has 6 nitrogen and oxygen atoms in total. The lowest BCUT2D eigenvalue weighted by Gasteiger charge is -2.27. The first-order valence-electron chi connectivity index (χ1n) is 8.23. The molecule has 0 bridgehead atoms. The Morgan fingerprint density at radius 2 is 1.91 bits per heavy atom. The minimum atomic E-state index is -0.262. The van der Waals surface area contributed by atoms with Gasteiger partial charge in [0.05, 0.1) is 6.54 Å². The molecule has 0 unspecified atom stereocenters. The zero-order chi connectivity index (χ0) is 17.0. The summed E-state index contributed by atoms with van der Waals surface area (Å²) in [5, 5.41) is 0. The number of carbonyl (C=O) groups is 1. The lowest BCUT2D eigenvalue weighted by Crippen LogP contribution is -2.37. The van der Waals surface area contributed by atoms with E-state index >= 15 is 0 Å². The van der Waals surface area contributed by atoms with Crippen LogP contribution in [0.3, 0.4) is 0 Å². The molecule has 0 N–H and O–H groups in total. The van der Waals surface area contributed by atoms with E-state index in [0.717, 1.165) is 24.6 Å². The van der Waals surface area contributed by atoms with Crippen LogP contribution in [0, 0.1) is 0 Å². The number of imidazole rings is 2. The third kappa shape index (κ3) is 3.81. The van der Waals surface area contributed by atoms with Crippen LogP contribution in [-0.4, -0.2) is 36.5 Å². The van der Waals surface area contributed by atoms with Gasteiger partial charge in [0.15, 0.2) is 0 Å². The quantitative estimate of drug-likeness (QED) is 0.789. The standard InChI is InChI=1S/C17H27N5O/c1-6-9-21(12-15-18-7-10-20(15)5)17(23)14(4)22-11-8-19-16(22)13(2)3/h7-8,10-11,13-14H,6,9,12H2,1-5H3/t14-/m1/s1. The number of amides is 1. The van der Waals surface area contributed by atoms with E-state index in [0.29, 0.717) is 6.54 Å². The zero-order valence-electron chi connectivity index (χ0n) is 14.7. The molecular formula is C17H27N5O. The molecule has 0 fully saturated rings. The van der Waals surface area contributed by atoms with E-state index in [1.54, 1.807) is 12.4 Å². The first kappa shape index (κ1) is 17.2. The smallest absolute Gasteiger partial charge is 0.245 e. The number of hydrogen-bond donors (Lipinski definition) is 0. The second kappa shape index (κ2) is 7.44. The number of nitrogens with zero attached hydrogens (tertiary/aromatic N) is 5. The predicted molar refractivity (Wildman–Crippen MR) is 89.9 cm³/mol. The lowest BCUT2D eigenvalue weighted by molar-refractivity contribution is -0.135. The summed E-state index contributed by atoms with van der Waals surface area (Å²) in [5.41, 5.74) is 0. The molecule has 23 heavy (non-hydrogen) atoms. The highest BCUT2D eigenvalue weighted by molar-refractivity contribution is 5.80. The van der Waals surface area contributed by atoms with Gasteiger partial charge < -0.3 is 14.0 Å². The van der Waals surface area contributed by atoms with Crippen molar-refractivity contribution in [2.24, 2.45) is 7.05 Å². The first-order chi connectivity index (χ1) is 11.0. The van der Waals surface area contributed by atoms with Crippen molar-refractivity contribution in [2.45, 2.75) is 52.6 Å². The molecule has 0 aliphatic rings. The van der Waals surface area contributed by atoms with Gasteiger partial charge in [0.2, 0.25) is 5.91 Å². The Kier molecular flexibility index (Phi) is 5.58. The maximum Gasteiger partial charge on any atom is 0.245 e. The highest BCUT2D eigenvalue weighted by atomic mass is 16.2. The van der Waals surface area contributed by atoms with Crippen LogP contribution >= 0.6 is 0 Å². The molecule has 0 radical (unpaired) electrons. The topological polar surface area (TPSA) is 56.0 Å². The van der Waals surface area contributed by atoms with Gasteiger partial charge >= 0.3 is 0 Å². The molecule has 0 aromatic carbocycles. The largest absolute Gasteiger partial charge is 0.337 e. The Bertz CT molecular complexity index is 643. The Hall–Kier alpha value is -2.11. The summed E-state index contributed by atoms with van der Waals surface area (Å²) in [6, 6.07) is -0.262. The van der Waals surface area contributed by atoms with Crippen LogP contribution in [-0.2, 0) is 18.4 Å². The summed E-state index contributed by atoms with van der Waals surface area (Å²) < 4.78 is 3.94. The number of rotatable bonds is 7. The summed E-state index contributed by atoms with van der Waals surface area (Å²) in [4.78, 5) is 23.6. The monoisotopic (exact) mass is 317 g/mol. The molecule has 0 saturated heterocycles. The SMILES string of the molecule is CCCN(Cc1nccn1C)C(=O)[C@@H](C)n1ccnc1C(C)C. The number of carbonyl (C=O) groups excluding carboxylic acids is 1. The van der Waals surface area contributed by atoms with Gasteiger partial charge in [-0.25, -0.2) is 9.97 Å². The minimum absolute atomic E-state index is 0.106. The molecule has 1 amide bonds. The molecule has 0 saturated carbocycles. The fourth-order valence-corrected chi connectivity index (χ4v) is 2.74. The first-order valence-corrected chi connectivity index (χ1v) is 8.23. The number of aromatic nitrogens is 4. The molecule has 6 heteroatoms. The van der Waals surface area contributed by atoms with Gasteiger partial charge in [0, 0.05) is 44.3 Å². The molecule has 2 rings (SSSR count). The van der Waals surface area contributed by atoms with Crippen molar-refractivity contribution in [3.8, 4) is 0 Å². The van der Waals surface area contributed by atoms with E-state index in [1.807, 2.05) is 40.4 Å². The summed E-state index contributed by atoms with van der Waals surface area (Å²) >= 11 is 0. The Morgan fingerprint density at radius 1 is 1.22 bits per heavy atom. The van der Waals surface area contributed by atoms with Gasteiger partial charge in [0.25, 0.3) is 0 Å². The van der Waals surface area contributed by atoms with E-state index in [1.165, 1.54) is 0 Å². The van der Waals surface area contributed by atoms with Crippen LogP contribution < -0.4 is 0 Å². The van der Waals surface area contributed by atoms with Crippen LogP contribution in [0.2, 0.25) is 0 Å². The summed E-state index contributed by atoms with van der Waals surface area (Å²) in [6.45, 7) is 9.46. The minimum Gasteiger partial charge on any atom is -0.337 e. The van der Waals surface area contributed by atoms with Crippen molar-refractivity contribution in [1.29, 1.82) is 0 Å². The second-order valence-electron chi connectivity index (χ2n) is 6.24. The van der Waals surface area contributed by atoms with Gasteiger partial charge in [-0.2, -0.15) is 0 Å².